The van der Waals surface area contributed by atoms with Crippen LogP contribution in [0.3, 0.4) is 0 Å². The Balaban J connectivity index is 1.37. The maximum absolute atomic E-state index is 12.8. The zero-order valence-corrected chi connectivity index (χ0v) is 20.3. The molecule has 33 heavy (non-hydrogen) atoms. The summed E-state index contributed by atoms with van der Waals surface area (Å²) < 4.78 is 2.65. The van der Waals surface area contributed by atoms with Crippen LogP contribution in [0.2, 0.25) is 0 Å². The lowest BCUT2D eigenvalue weighted by Gasteiger charge is -2.32. The first-order valence-corrected chi connectivity index (χ1v) is 12.6. The number of rotatable bonds is 6. The number of hydrogen-bond acceptors (Lipinski definition) is 6. The molecule has 1 N–H and O–H groups in total. The fraction of sp³-hybridized carbons (Fsp3) is 0.250. The summed E-state index contributed by atoms with van der Waals surface area (Å²) in [5, 5.41) is 12.0. The van der Waals surface area contributed by atoms with Crippen LogP contribution in [0.4, 0.5) is 5.82 Å². The van der Waals surface area contributed by atoms with Crippen LogP contribution in [-0.4, -0.2) is 43.5 Å². The predicted molar refractivity (Wildman–Crippen MR) is 134 cm³/mol. The van der Waals surface area contributed by atoms with Gasteiger partial charge in [0.2, 0.25) is 5.91 Å². The highest BCUT2D eigenvalue weighted by Gasteiger charge is 2.26. The number of nitrogens with zero attached hydrogens (tertiary/aromatic N) is 5. The molecule has 5 heterocycles. The number of fused-ring (bicyclic) bond motifs is 1. The van der Waals surface area contributed by atoms with E-state index in [4.69, 9.17) is 4.98 Å². The molecule has 1 aliphatic heterocycles. The van der Waals surface area contributed by atoms with Crippen LogP contribution in [-0.2, 0) is 11.3 Å². The third-order valence-corrected chi connectivity index (χ3v) is 7.02. The molecule has 168 valence electrons. The third kappa shape index (κ3) is 4.99. The Hall–Kier alpha value is -3.04. The van der Waals surface area contributed by atoms with E-state index >= 15 is 0 Å². The topological polar surface area (TPSA) is 75.4 Å². The highest BCUT2D eigenvalue weighted by molar-refractivity contribution is 9.10. The lowest BCUT2D eigenvalue weighted by atomic mass is 9.94. The van der Waals surface area contributed by atoms with Crippen molar-refractivity contribution in [2.45, 2.75) is 25.3 Å². The summed E-state index contributed by atoms with van der Waals surface area (Å²) in [7, 11) is 0. The second-order valence-electron chi connectivity index (χ2n) is 8.02. The maximum atomic E-state index is 12.8. The van der Waals surface area contributed by atoms with E-state index in [0.29, 0.717) is 13.1 Å². The number of halogens is 1. The fourth-order valence-electron chi connectivity index (χ4n) is 4.05. The Morgan fingerprint density at radius 1 is 1.33 bits per heavy atom. The number of hydrogen-bond donors (Lipinski definition) is 1. The molecule has 1 fully saturated rings. The second kappa shape index (κ2) is 9.84. The van der Waals surface area contributed by atoms with Crippen LogP contribution < -0.4 is 5.32 Å². The summed E-state index contributed by atoms with van der Waals surface area (Å²) in [5.74, 6) is 1.08. The zero-order chi connectivity index (χ0) is 22.6. The van der Waals surface area contributed by atoms with Crippen molar-refractivity contribution in [3.05, 3.63) is 81.0 Å². The summed E-state index contributed by atoms with van der Waals surface area (Å²) >= 11 is 5.20. The molecule has 4 aromatic rings. The Kier molecular flexibility index (Phi) is 6.50. The van der Waals surface area contributed by atoms with Crippen molar-refractivity contribution in [2.75, 3.05) is 18.4 Å². The zero-order valence-electron chi connectivity index (χ0n) is 17.9. The van der Waals surface area contributed by atoms with Crippen LogP contribution in [0.25, 0.3) is 11.7 Å². The first-order chi connectivity index (χ1) is 16.2. The SMILES string of the molecule is O=C(/C=C/c1ccsc1)N1CCCC(c2cc(NCc3cccnc3)n3ncc(Br)c3n2)C1. The van der Waals surface area contributed by atoms with Crippen molar-refractivity contribution in [1.29, 1.82) is 0 Å². The number of thiophene rings is 1. The number of likely N-dealkylation sites (tertiary alicyclic amines) is 1. The molecular formula is C24H23BrN6OS. The van der Waals surface area contributed by atoms with E-state index in [-0.39, 0.29) is 11.8 Å². The number of anilines is 1. The summed E-state index contributed by atoms with van der Waals surface area (Å²) in [6, 6.07) is 8.03. The van der Waals surface area contributed by atoms with Gasteiger partial charge in [0.05, 0.1) is 16.4 Å². The van der Waals surface area contributed by atoms with E-state index in [1.807, 2.05) is 46.1 Å². The molecule has 5 rings (SSSR count). The lowest BCUT2D eigenvalue weighted by molar-refractivity contribution is -0.127. The van der Waals surface area contributed by atoms with Gasteiger partial charge in [0.25, 0.3) is 0 Å². The first kappa shape index (κ1) is 21.8. The molecule has 1 saturated heterocycles. The van der Waals surface area contributed by atoms with Gasteiger partial charge in [0.1, 0.15) is 5.82 Å². The summed E-state index contributed by atoms with van der Waals surface area (Å²) in [4.78, 5) is 23.8. The van der Waals surface area contributed by atoms with Gasteiger partial charge in [-0.15, -0.1) is 0 Å². The molecule has 1 amide bonds. The van der Waals surface area contributed by atoms with Gasteiger partial charge >= 0.3 is 0 Å². The van der Waals surface area contributed by atoms with Gasteiger partial charge in [-0.05, 0) is 68.9 Å². The maximum Gasteiger partial charge on any atom is 0.246 e. The molecule has 0 aromatic carbocycles. The van der Waals surface area contributed by atoms with Crippen LogP contribution in [0.1, 0.15) is 35.6 Å². The lowest BCUT2D eigenvalue weighted by Crippen LogP contribution is -2.38. The highest BCUT2D eigenvalue weighted by Crippen LogP contribution is 2.30. The number of piperidine rings is 1. The Bertz CT molecular complexity index is 1270. The number of amides is 1. The number of aromatic nitrogens is 4. The quantitative estimate of drug-likeness (QED) is 0.361. The number of carbonyl (C=O) groups is 1. The van der Waals surface area contributed by atoms with Gasteiger partial charge in [0.15, 0.2) is 5.65 Å². The summed E-state index contributed by atoms with van der Waals surface area (Å²) in [6.45, 7) is 2.06. The first-order valence-electron chi connectivity index (χ1n) is 10.8. The van der Waals surface area contributed by atoms with Gasteiger partial charge in [-0.25, -0.2) is 4.98 Å². The average molecular weight is 523 g/mol. The molecule has 9 heteroatoms. The number of carbonyl (C=O) groups excluding carboxylic acids is 1. The van der Waals surface area contributed by atoms with E-state index in [1.54, 1.807) is 34.3 Å². The molecule has 0 bridgehead atoms. The predicted octanol–water partition coefficient (Wildman–Crippen LogP) is 4.98. The standard InChI is InChI=1S/C24H23BrN6OS/c25-20-14-28-31-22(27-13-18-3-1-8-26-12-18)11-21(29-24(20)31)19-4-2-9-30(15-19)23(32)6-5-17-7-10-33-16-17/h1,3,5-8,10-12,14,16,19,27H,2,4,9,13,15H2/b6-5+. The molecule has 0 saturated carbocycles. The summed E-state index contributed by atoms with van der Waals surface area (Å²) in [5.41, 5.74) is 3.88. The number of pyridine rings is 1. The van der Waals surface area contributed by atoms with E-state index in [2.05, 4.69) is 37.4 Å². The second-order valence-corrected chi connectivity index (χ2v) is 9.66. The molecule has 0 spiro atoms. The molecule has 7 nitrogen and oxygen atoms in total. The van der Waals surface area contributed by atoms with Crippen molar-refractivity contribution in [3.63, 3.8) is 0 Å². The van der Waals surface area contributed by atoms with Gasteiger partial charge in [-0.3, -0.25) is 9.78 Å². The average Bonchev–Trinajstić information content (AvgIpc) is 3.52. The molecule has 1 aliphatic rings. The normalized spacial score (nSPS) is 16.5. The molecule has 0 radical (unpaired) electrons. The fourth-order valence-corrected chi connectivity index (χ4v) is 5.02. The summed E-state index contributed by atoms with van der Waals surface area (Å²) in [6.07, 6.45) is 10.9. The van der Waals surface area contributed by atoms with Crippen LogP contribution in [0, 0.1) is 0 Å². The Labute approximate surface area is 204 Å². The molecule has 1 unspecified atom stereocenters. The minimum Gasteiger partial charge on any atom is -0.366 e. The van der Waals surface area contributed by atoms with Gasteiger partial charge in [0, 0.05) is 50.1 Å². The van der Waals surface area contributed by atoms with E-state index in [1.165, 1.54) is 0 Å². The van der Waals surface area contributed by atoms with Crippen molar-refractivity contribution >= 4 is 50.7 Å². The Morgan fingerprint density at radius 2 is 2.27 bits per heavy atom. The highest BCUT2D eigenvalue weighted by atomic mass is 79.9. The monoisotopic (exact) mass is 522 g/mol. The number of nitrogens with one attached hydrogen (secondary N) is 1. The minimum absolute atomic E-state index is 0.0486. The van der Waals surface area contributed by atoms with E-state index < -0.39 is 0 Å². The molecular weight excluding hydrogens is 500 g/mol. The molecule has 4 aromatic heterocycles. The van der Waals surface area contributed by atoms with Crippen LogP contribution in [0.15, 0.2) is 64.2 Å². The Morgan fingerprint density at radius 3 is 3.09 bits per heavy atom. The van der Waals surface area contributed by atoms with Crippen molar-refractivity contribution in [2.24, 2.45) is 0 Å². The van der Waals surface area contributed by atoms with Gasteiger partial charge < -0.3 is 10.2 Å². The van der Waals surface area contributed by atoms with Crippen LogP contribution in [0.5, 0.6) is 0 Å². The third-order valence-electron chi connectivity index (χ3n) is 5.76. The van der Waals surface area contributed by atoms with Crippen molar-refractivity contribution in [1.82, 2.24) is 24.5 Å². The van der Waals surface area contributed by atoms with Crippen molar-refractivity contribution in [3.8, 4) is 0 Å². The molecule has 1 atom stereocenters. The minimum atomic E-state index is 0.0486. The van der Waals surface area contributed by atoms with Crippen molar-refractivity contribution < 1.29 is 4.79 Å². The van der Waals surface area contributed by atoms with Gasteiger partial charge in [-0.1, -0.05) is 6.07 Å². The largest absolute Gasteiger partial charge is 0.366 e. The van der Waals surface area contributed by atoms with E-state index in [9.17, 15) is 4.79 Å². The van der Waals surface area contributed by atoms with Gasteiger partial charge in [-0.2, -0.15) is 21.0 Å². The van der Waals surface area contributed by atoms with Crippen LogP contribution >= 0.6 is 27.3 Å². The smallest absolute Gasteiger partial charge is 0.246 e. The molecule has 0 aliphatic carbocycles. The van der Waals surface area contributed by atoms with E-state index in [0.717, 1.165) is 52.1 Å².